The quantitative estimate of drug-likeness (QED) is 0.489. The molecule has 2 heterocycles. The van der Waals surface area contributed by atoms with Crippen molar-refractivity contribution in [1.82, 2.24) is 19.5 Å². The molecule has 1 fully saturated rings. The summed E-state index contributed by atoms with van der Waals surface area (Å²) in [6, 6.07) is 8.40. The van der Waals surface area contributed by atoms with E-state index in [1.165, 1.54) is 23.9 Å². The van der Waals surface area contributed by atoms with Crippen LogP contribution in [-0.2, 0) is 4.79 Å². The van der Waals surface area contributed by atoms with Crippen LogP contribution in [0.1, 0.15) is 31.7 Å². The Morgan fingerprint density at radius 2 is 1.85 bits per heavy atom. The average molecular weight is 382 g/mol. The van der Waals surface area contributed by atoms with Crippen molar-refractivity contribution in [3.63, 3.8) is 0 Å². The van der Waals surface area contributed by atoms with Gasteiger partial charge in [0.15, 0.2) is 5.16 Å². The third kappa shape index (κ3) is 3.64. The first-order chi connectivity index (χ1) is 13.2. The molecule has 7 heteroatoms. The molecule has 0 radical (unpaired) electrons. The Morgan fingerprint density at radius 3 is 2.56 bits per heavy atom. The lowest BCUT2D eigenvalue weighted by molar-refractivity contribution is -0.120. The summed E-state index contributed by atoms with van der Waals surface area (Å²) in [5, 5.41) is 0.684. The van der Waals surface area contributed by atoms with Gasteiger partial charge in [-0.25, -0.2) is 19.3 Å². The van der Waals surface area contributed by atoms with Crippen LogP contribution in [0.2, 0.25) is 0 Å². The standard InChI is InChI=1S/C20H19FN4OS/c1-27-20-22-11-10-17(24-20)19-18(13-2-4-14(21)5-3-13)23-12-25(19)15-6-8-16(26)9-7-15/h2-5,10-12,15H,6-9H2,1H3. The van der Waals surface area contributed by atoms with Crippen molar-refractivity contribution in [2.45, 2.75) is 36.9 Å². The second-order valence-electron chi connectivity index (χ2n) is 6.55. The van der Waals surface area contributed by atoms with E-state index >= 15 is 0 Å². The summed E-state index contributed by atoms with van der Waals surface area (Å²) in [5.74, 6) is 0.0376. The lowest BCUT2D eigenvalue weighted by atomic mass is 9.93. The monoisotopic (exact) mass is 382 g/mol. The molecule has 0 spiro atoms. The molecule has 5 nitrogen and oxygen atoms in total. The number of carbonyl (C=O) groups excluding carboxylic acids is 1. The van der Waals surface area contributed by atoms with Gasteiger partial charge in [-0.1, -0.05) is 11.8 Å². The first-order valence-electron chi connectivity index (χ1n) is 8.87. The molecule has 0 unspecified atom stereocenters. The summed E-state index contributed by atoms with van der Waals surface area (Å²) in [4.78, 5) is 25.2. The highest BCUT2D eigenvalue weighted by Gasteiger charge is 2.25. The molecule has 1 aliphatic carbocycles. The van der Waals surface area contributed by atoms with Crippen LogP contribution < -0.4 is 0 Å². The molecule has 4 rings (SSSR count). The molecule has 0 atom stereocenters. The maximum Gasteiger partial charge on any atom is 0.187 e. The summed E-state index contributed by atoms with van der Waals surface area (Å²) in [5.41, 5.74) is 3.26. The summed E-state index contributed by atoms with van der Waals surface area (Å²) in [7, 11) is 0. The summed E-state index contributed by atoms with van der Waals surface area (Å²) in [6.45, 7) is 0. The van der Waals surface area contributed by atoms with Crippen LogP contribution in [0.5, 0.6) is 0 Å². The van der Waals surface area contributed by atoms with Gasteiger partial charge in [0.05, 0.1) is 23.4 Å². The van der Waals surface area contributed by atoms with Crippen molar-refractivity contribution in [3.8, 4) is 22.6 Å². The highest BCUT2D eigenvalue weighted by molar-refractivity contribution is 7.98. The maximum absolute atomic E-state index is 13.4. The lowest BCUT2D eigenvalue weighted by Crippen LogP contribution is -2.18. The number of aromatic nitrogens is 4. The van der Waals surface area contributed by atoms with E-state index in [1.54, 1.807) is 18.3 Å². The minimum Gasteiger partial charge on any atom is -0.326 e. The molecule has 27 heavy (non-hydrogen) atoms. The number of halogens is 1. The van der Waals surface area contributed by atoms with Crippen molar-refractivity contribution in [1.29, 1.82) is 0 Å². The normalized spacial score (nSPS) is 15.3. The zero-order valence-corrected chi connectivity index (χ0v) is 15.7. The molecule has 0 saturated heterocycles. The molecule has 3 aromatic rings. The van der Waals surface area contributed by atoms with Crippen LogP contribution in [0, 0.1) is 5.82 Å². The van der Waals surface area contributed by atoms with Crippen LogP contribution in [0.15, 0.2) is 48.0 Å². The van der Waals surface area contributed by atoms with Gasteiger partial charge in [0.1, 0.15) is 11.6 Å². The van der Waals surface area contributed by atoms with Gasteiger partial charge in [-0.05, 0) is 49.4 Å². The Bertz CT molecular complexity index is 960. The van der Waals surface area contributed by atoms with E-state index in [1.807, 2.05) is 18.6 Å². The predicted octanol–water partition coefficient (Wildman–Crippen LogP) is 4.55. The Labute approximate surface area is 161 Å². The van der Waals surface area contributed by atoms with Gasteiger partial charge < -0.3 is 4.57 Å². The van der Waals surface area contributed by atoms with Crippen molar-refractivity contribution >= 4 is 17.5 Å². The molecular formula is C20H19FN4OS. The van der Waals surface area contributed by atoms with Crippen LogP contribution in [0.25, 0.3) is 22.6 Å². The number of imidazole rings is 1. The topological polar surface area (TPSA) is 60.7 Å². The zero-order valence-electron chi connectivity index (χ0n) is 14.9. The van der Waals surface area contributed by atoms with Gasteiger partial charge >= 0.3 is 0 Å². The third-order valence-electron chi connectivity index (χ3n) is 4.88. The molecule has 1 aliphatic rings. The van der Waals surface area contributed by atoms with E-state index in [9.17, 15) is 9.18 Å². The Kier molecular flexibility index (Phi) is 5.03. The minimum atomic E-state index is -0.280. The molecule has 1 aromatic carbocycles. The molecule has 0 bridgehead atoms. The average Bonchev–Trinajstić information content (AvgIpc) is 3.14. The highest BCUT2D eigenvalue weighted by Crippen LogP contribution is 2.36. The van der Waals surface area contributed by atoms with Crippen molar-refractivity contribution < 1.29 is 9.18 Å². The SMILES string of the molecule is CSc1nccc(-c2c(-c3ccc(F)cc3)ncn2C2CCC(=O)CC2)n1. The van der Waals surface area contributed by atoms with E-state index in [4.69, 9.17) is 0 Å². The number of hydrogen-bond donors (Lipinski definition) is 0. The first-order valence-corrected chi connectivity index (χ1v) is 10.1. The fourth-order valence-corrected chi connectivity index (χ4v) is 3.84. The van der Waals surface area contributed by atoms with E-state index in [0.717, 1.165) is 35.5 Å². The van der Waals surface area contributed by atoms with Crippen molar-refractivity contribution in [2.24, 2.45) is 0 Å². The van der Waals surface area contributed by atoms with Gasteiger partial charge in [0.25, 0.3) is 0 Å². The molecule has 1 saturated carbocycles. The number of Topliss-reactive ketones (excluding diaryl/α,β-unsaturated/α-hetero) is 1. The maximum atomic E-state index is 13.4. The number of rotatable bonds is 4. The number of benzene rings is 1. The fourth-order valence-electron chi connectivity index (χ4n) is 3.48. The Balaban J connectivity index is 1.84. The van der Waals surface area contributed by atoms with E-state index in [2.05, 4.69) is 19.5 Å². The largest absolute Gasteiger partial charge is 0.326 e. The summed E-state index contributed by atoms with van der Waals surface area (Å²) >= 11 is 1.48. The first kappa shape index (κ1) is 17.9. The van der Waals surface area contributed by atoms with E-state index < -0.39 is 0 Å². The van der Waals surface area contributed by atoms with Crippen molar-refractivity contribution in [2.75, 3.05) is 6.26 Å². The number of hydrogen-bond acceptors (Lipinski definition) is 5. The fraction of sp³-hybridized carbons (Fsp3) is 0.300. The molecule has 0 N–H and O–H groups in total. The third-order valence-corrected chi connectivity index (χ3v) is 5.44. The zero-order chi connectivity index (χ0) is 18.8. The van der Waals surface area contributed by atoms with Gasteiger partial charge in [-0.15, -0.1) is 0 Å². The second kappa shape index (κ2) is 7.60. The van der Waals surface area contributed by atoms with Crippen LogP contribution in [0.4, 0.5) is 4.39 Å². The van der Waals surface area contributed by atoms with Gasteiger partial charge in [0, 0.05) is 30.6 Å². The van der Waals surface area contributed by atoms with E-state index in [-0.39, 0.29) is 11.9 Å². The van der Waals surface area contributed by atoms with Crippen LogP contribution >= 0.6 is 11.8 Å². The number of nitrogens with zero attached hydrogens (tertiary/aromatic N) is 4. The Hall–Kier alpha value is -2.54. The number of thioether (sulfide) groups is 1. The molecule has 0 amide bonds. The predicted molar refractivity (Wildman–Crippen MR) is 103 cm³/mol. The lowest BCUT2D eigenvalue weighted by Gasteiger charge is -2.24. The number of ketones is 1. The van der Waals surface area contributed by atoms with Crippen molar-refractivity contribution in [3.05, 3.63) is 48.7 Å². The van der Waals surface area contributed by atoms with E-state index in [0.29, 0.717) is 23.8 Å². The highest BCUT2D eigenvalue weighted by atomic mass is 32.2. The van der Waals surface area contributed by atoms with Gasteiger partial charge in [-0.2, -0.15) is 0 Å². The Morgan fingerprint density at radius 1 is 1.11 bits per heavy atom. The molecule has 0 aliphatic heterocycles. The van der Waals surface area contributed by atoms with Crippen LogP contribution in [-0.4, -0.2) is 31.6 Å². The molecule has 138 valence electrons. The second-order valence-corrected chi connectivity index (χ2v) is 7.33. The number of carbonyl (C=O) groups is 1. The molecular weight excluding hydrogens is 363 g/mol. The minimum absolute atomic E-state index is 0.201. The summed E-state index contributed by atoms with van der Waals surface area (Å²) in [6.07, 6.45) is 8.27. The van der Waals surface area contributed by atoms with Gasteiger partial charge in [-0.3, -0.25) is 4.79 Å². The van der Waals surface area contributed by atoms with Gasteiger partial charge in [0.2, 0.25) is 0 Å². The van der Waals surface area contributed by atoms with Crippen LogP contribution in [0.3, 0.4) is 0 Å². The smallest absolute Gasteiger partial charge is 0.187 e. The summed E-state index contributed by atoms with van der Waals surface area (Å²) < 4.78 is 15.5. The molecule has 2 aromatic heterocycles.